The maximum Gasteiger partial charge on any atom is 0.161 e. The van der Waals surface area contributed by atoms with Gasteiger partial charge in [-0.3, -0.25) is 4.79 Å². The van der Waals surface area contributed by atoms with E-state index in [1.165, 1.54) is 7.11 Å². The molecule has 0 amide bonds. The van der Waals surface area contributed by atoms with Gasteiger partial charge in [0.15, 0.2) is 11.5 Å². The average Bonchev–Trinajstić information content (AvgIpc) is 2.53. The van der Waals surface area contributed by atoms with Gasteiger partial charge in [-0.15, -0.1) is 0 Å². The number of carbonyl (C=O) groups is 1. The van der Waals surface area contributed by atoms with Crippen molar-refractivity contribution in [1.29, 1.82) is 0 Å². The molecule has 130 valence electrons. The number of hydrogen-bond donors (Lipinski definition) is 2. The van der Waals surface area contributed by atoms with Gasteiger partial charge in [0.05, 0.1) is 12.7 Å². The molecule has 1 heterocycles. The van der Waals surface area contributed by atoms with Crippen LogP contribution in [0.4, 0.5) is 0 Å². The van der Waals surface area contributed by atoms with Gasteiger partial charge in [-0.1, -0.05) is 13.0 Å². The highest BCUT2D eigenvalue weighted by Crippen LogP contribution is 2.60. The van der Waals surface area contributed by atoms with E-state index in [-0.39, 0.29) is 23.5 Å². The third-order valence-corrected chi connectivity index (χ3v) is 6.79. The number of benzene rings is 1. The Morgan fingerprint density at radius 3 is 2.83 bits per heavy atom. The predicted octanol–water partition coefficient (Wildman–Crippen LogP) is 1.63. The van der Waals surface area contributed by atoms with Crippen LogP contribution in [0.2, 0.25) is 0 Å². The first-order chi connectivity index (χ1) is 11.3. The summed E-state index contributed by atoms with van der Waals surface area (Å²) in [6.45, 7) is 2.72. The Balaban J connectivity index is 2.00. The molecule has 0 aromatic heterocycles. The van der Waals surface area contributed by atoms with E-state index in [4.69, 9.17) is 4.74 Å². The van der Waals surface area contributed by atoms with Crippen LogP contribution in [-0.4, -0.2) is 53.2 Å². The van der Waals surface area contributed by atoms with Gasteiger partial charge in [0.1, 0.15) is 5.78 Å². The zero-order chi connectivity index (χ0) is 17.3. The van der Waals surface area contributed by atoms with Gasteiger partial charge in [0.2, 0.25) is 0 Å². The fraction of sp³-hybridized carbons (Fsp3) is 0.632. The standard InChI is InChI=1S/C19H25NO4/c1-11-9-19(23)15-8-12-4-5-14(24-3)17(22)16(12)18(19,10-13(11)21)6-7-20(15)2/h4-5,11,15,22-23H,6-10H2,1-3H3/t11?,15-,18-,19-/m0/s1. The molecule has 3 aliphatic rings. The number of rotatable bonds is 1. The van der Waals surface area contributed by atoms with Crippen molar-refractivity contribution >= 4 is 5.78 Å². The van der Waals surface area contributed by atoms with Gasteiger partial charge >= 0.3 is 0 Å². The van der Waals surface area contributed by atoms with E-state index in [2.05, 4.69) is 4.90 Å². The van der Waals surface area contributed by atoms with Gasteiger partial charge < -0.3 is 19.8 Å². The minimum absolute atomic E-state index is 0.0258. The summed E-state index contributed by atoms with van der Waals surface area (Å²) >= 11 is 0. The van der Waals surface area contributed by atoms with Crippen molar-refractivity contribution in [3.05, 3.63) is 23.3 Å². The molecule has 1 aliphatic heterocycles. The number of ether oxygens (including phenoxy) is 1. The maximum atomic E-state index is 12.6. The molecule has 24 heavy (non-hydrogen) atoms. The summed E-state index contributed by atoms with van der Waals surface area (Å²) in [6, 6.07) is 3.73. The highest BCUT2D eigenvalue weighted by Gasteiger charge is 2.66. The van der Waals surface area contributed by atoms with Crippen LogP contribution in [0, 0.1) is 5.92 Å². The first-order valence-electron chi connectivity index (χ1n) is 8.68. The van der Waals surface area contributed by atoms with Gasteiger partial charge in [0, 0.05) is 29.4 Å². The van der Waals surface area contributed by atoms with Crippen LogP contribution in [0.3, 0.4) is 0 Å². The van der Waals surface area contributed by atoms with Crippen molar-refractivity contribution in [1.82, 2.24) is 4.90 Å². The molecule has 2 fully saturated rings. The van der Waals surface area contributed by atoms with Crippen molar-refractivity contribution in [2.45, 2.75) is 49.7 Å². The maximum absolute atomic E-state index is 12.6. The number of phenolic OH excluding ortho intramolecular Hbond substituents is 1. The average molecular weight is 331 g/mol. The fourth-order valence-electron chi connectivity index (χ4n) is 5.49. The summed E-state index contributed by atoms with van der Waals surface area (Å²) in [6.07, 6.45) is 2.10. The van der Waals surface area contributed by atoms with E-state index in [9.17, 15) is 15.0 Å². The van der Waals surface area contributed by atoms with Crippen molar-refractivity contribution in [2.24, 2.45) is 5.92 Å². The number of phenols is 1. The highest BCUT2D eigenvalue weighted by atomic mass is 16.5. The van der Waals surface area contributed by atoms with Crippen LogP contribution in [0.1, 0.15) is 37.3 Å². The van der Waals surface area contributed by atoms with Crippen molar-refractivity contribution in [2.75, 3.05) is 20.7 Å². The van der Waals surface area contributed by atoms with Crippen LogP contribution in [0.5, 0.6) is 11.5 Å². The minimum Gasteiger partial charge on any atom is -0.504 e. The summed E-state index contributed by atoms with van der Waals surface area (Å²) in [5.74, 6) is 0.539. The van der Waals surface area contributed by atoms with Crippen LogP contribution >= 0.6 is 0 Å². The van der Waals surface area contributed by atoms with Crippen molar-refractivity contribution in [3.8, 4) is 11.5 Å². The highest BCUT2D eigenvalue weighted by molar-refractivity contribution is 5.85. The number of nitrogens with zero attached hydrogens (tertiary/aromatic N) is 1. The Bertz CT molecular complexity index is 718. The van der Waals surface area contributed by atoms with Gasteiger partial charge in [-0.05, 0) is 44.5 Å². The number of ketones is 1. The lowest BCUT2D eigenvalue weighted by atomic mass is 9.48. The zero-order valence-corrected chi connectivity index (χ0v) is 14.5. The Hall–Kier alpha value is -1.59. The van der Waals surface area contributed by atoms with Crippen LogP contribution in [0.25, 0.3) is 0 Å². The molecule has 4 rings (SSSR count). The van der Waals surface area contributed by atoms with Crippen molar-refractivity contribution < 1.29 is 19.7 Å². The van der Waals surface area contributed by atoms with Crippen molar-refractivity contribution in [3.63, 3.8) is 0 Å². The number of carbonyl (C=O) groups excluding carboxylic acids is 1. The number of likely N-dealkylation sites (N-methyl/N-ethyl adjacent to an activating group) is 1. The molecule has 1 aromatic rings. The molecule has 5 nitrogen and oxygen atoms in total. The smallest absolute Gasteiger partial charge is 0.161 e. The van der Waals surface area contributed by atoms with E-state index < -0.39 is 11.0 Å². The normalized spacial score (nSPS) is 38.4. The van der Waals surface area contributed by atoms with E-state index in [1.807, 2.05) is 20.0 Å². The lowest BCUT2D eigenvalue weighted by Gasteiger charge is -2.63. The topological polar surface area (TPSA) is 70.0 Å². The lowest BCUT2D eigenvalue weighted by Crippen LogP contribution is -2.73. The second-order valence-corrected chi connectivity index (χ2v) is 7.86. The molecule has 2 bridgehead atoms. The number of Topliss-reactive ketones (excluding diaryl/α,β-unsaturated/α-hetero) is 1. The molecule has 1 saturated carbocycles. The lowest BCUT2D eigenvalue weighted by molar-refractivity contribution is -0.177. The van der Waals surface area contributed by atoms with E-state index >= 15 is 0 Å². The number of aliphatic hydroxyl groups is 1. The predicted molar refractivity (Wildman–Crippen MR) is 89.4 cm³/mol. The molecule has 2 aliphatic carbocycles. The first-order valence-corrected chi connectivity index (χ1v) is 8.68. The quantitative estimate of drug-likeness (QED) is 0.818. The number of aromatic hydroxyl groups is 1. The third kappa shape index (κ3) is 1.74. The molecular formula is C19H25NO4. The van der Waals surface area contributed by atoms with Gasteiger partial charge in [-0.25, -0.2) is 0 Å². The molecule has 5 heteroatoms. The number of methoxy groups -OCH3 is 1. The number of hydrogen-bond acceptors (Lipinski definition) is 5. The summed E-state index contributed by atoms with van der Waals surface area (Å²) in [5.41, 5.74) is 0.0651. The molecule has 0 spiro atoms. The number of likely N-dealkylation sites (tertiary alicyclic amines) is 1. The van der Waals surface area contributed by atoms with E-state index in [0.29, 0.717) is 31.4 Å². The zero-order valence-electron chi connectivity index (χ0n) is 14.5. The summed E-state index contributed by atoms with van der Waals surface area (Å²) in [5, 5.41) is 22.7. The van der Waals surface area contributed by atoms with Gasteiger partial charge in [-0.2, -0.15) is 0 Å². The summed E-state index contributed by atoms with van der Waals surface area (Å²) in [4.78, 5) is 14.8. The molecule has 0 radical (unpaired) electrons. The molecule has 4 atom stereocenters. The largest absolute Gasteiger partial charge is 0.504 e. The summed E-state index contributed by atoms with van der Waals surface area (Å²) < 4.78 is 5.30. The van der Waals surface area contributed by atoms with Crippen LogP contribution in [0.15, 0.2) is 12.1 Å². The minimum atomic E-state index is -0.996. The van der Waals surface area contributed by atoms with Crippen LogP contribution in [-0.2, 0) is 16.6 Å². The Morgan fingerprint density at radius 2 is 2.12 bits per heavy atom. The fourth-order valence-corrected chi connectivity index (χ4v) is 5.49. The molecule has 1 saturated heterocycles. The molecule has 1 unspecified atom stereocenters. The van der Waals surface area contributed by atoms with Crippen LogP contribution < -0.4 is 4.74 Å². The molecule has 2 N–H and O–H groups in total. The second kappa shape index (κ2) is 4.96. The Morgan fingerprint density at radius 1 is 1.38 bits per heavy atom. The number of piperidine rings is 1. The Labute approximate surface area is 142 Å². The number of fused-ring (bicyclic) bond motifs is 1. The summed E-state index contributed by atoms with van der Waals surface area (Å²) in [7, 11) is 3.57. The SMILES string of the molecule is COc1ccc2c(c1O)[C@@]13CCN(C)[C@@H](C2)[C@@]1(O)CC(C)C(=O)C3. The molecular weight excluding hydrogens is 306 g/mol. The first kappa shape index (κ1) is 15.9. The third-order valence-electron chi connectivity index (χ3n) is 6.79. The van der Waals surface area contributed by atoms with E-state index in [1.54, 1.807) is 6.07 Å². The van der Waals surface area contributed by atoms with E-state index in [0.717, 1.165) is 17.7 Å². The Kier molecular flexibility index (Phi) is 3.29. The monoisotopic (exact) mass is 331 g/mol. The second-order valence-electron chi connectivity index (χ2n) is 7.86. The molecule has 1 aromatic carbocycles. The van der Waals surface area contributed by atoms with Gasteiger partial charge in [0.25, 0.3) is 0 Å².